The molecule has 0 spiro atoms. The minimum atomic E-state index is -0.111. The van der Waals surface area contributed by atoms with Crippen LogP contribution < -0.4 is 11.3 Å². The van der Waals surface area contributed by atoms with Crippen molar-refractivity contribution in [3.05, 3.63) is 24.5 Å². The minimum Gasteiger partial charge on any atom is -0.294 e. The highest BCUT2D eigenvalue weighted by molar-refractivity contribution is 7.99. The van der Waals surface area contributed by atoms with Crippen molar-refractivity contribution >= 4 is 17.7 Å². The van der Waals surface area contributed by atoms with E-state index in [9.17, 15) is 4.79 Å². The average molecular weight is 211 g/mol. The first-order valence-electron chi connectivity index (χ1n) is 4.35. The number of rotatable bonds is 5. The Kier molecular flexibility index (Phi) is 5.03. The van der Waals surface area contributed by atoms with Gasteiger partial charge >= 0.3 is 0 Å². The van der Waals surface area contributed by atoms with E-state index in [4.69, 9.17) is 5.84 Å². The molecule has 0 aromatic carbocycles. The second-order valence-corrected chi connectivity index (χ2v) is 3.87. The van der Waals surface area contributed by atoms with Crippen LogP contribution in [0.25, 0.3) is 0 Å². The summed E-state index contributed by atoms with van der Waals surface area (Å²) in [6, 6.07) is 3.90. The average Bonchev–Trinajstić information content (AvgIpc) is 2.25. The number of nitrogens with two attached hydrogens (primary N) is 1. The van der Waals surface area contributed by atoms with Crippen molar-refractivity contribution in [1.29, 1.82) is 0 Å². The molecule has 76 valence electrons. The molecular weight excluding hydrogens is 198 g/mol. The van der Waals surface area contributed by atoms with Crippen molar-refractivity contribution in [1.82, 2.24) is 10.4 Å². The zero-order chi connectivity index (χ0) is 10.2. The molecule has 0 saturated carbocycles. The van der Waals surface area contributed by atoms with Gasteiger partial charge in [-0.15, -0.1) is 11.8 Å². The topological polar surface area (TPSA) is 68.0 Å². The highest BCUT2D eigenvalue weighted by Crippen LogP contribution is 2.17. The first-order valence-corrected chi connectivity index (χ1v) is 5.34. The van der Waals surface area contributed by atoms with Gasteiger partial charge in [0, 0.05) is 23.7 Å². The van der Waals surface area contributed by atoms with Crippen molar-refractivity contribution in [2.45, 2.75) is 17.7 Å². The van der Waals surface area contributed by atoms with Gasteiger partial charge in [-0.05, 0) is 24.3 Å². The monoisotopic (exact) mass is 211 g/mol. The maximum absolute atomic E-state index is 10.8. The lowest BCUT2D eigenvalue weighted by molar-refractivity contribution is -0.121. The fourth-order valence-electron chi connectivity index (χ4n) is 0.929. The van der Waals surface area contributed by atoms with Crippen molar-refractivity contribution in [2.24, 2.45) is 5.84 Å². The first kappa shape index (κ1) is 11.0. The number of aromatic nitrogens is 1. The summed E-state index contributed by atoms with van der Waals surface area (Å²) >= 11 is 1.71. The molecule has 14 heavy (non-hydrogen) atoms. The van der Waals surface area contributed by atoms with Crippen LogP contribution in [0.1, 0.15) is 12.8 Å². The summed E-state index contributed by atoms with van der Waals surface area (Å²) in [5.74, 6) is 5.75. The SMILES string of the molecule is NNC(=O)CCCSc1ccncc1. The van der Waals surface area contributed by atoms with Crippen LogP contribution in [-0.2, 0) is 4.79 Å². The van der Waals surface area contributed by atoms with E-state index in [1.807, 2.05) is 12.1 Å². The van der Waals surface area contributed by atoms with Gasteiger partial charge in [-0.25, -0.2) is 5.84 Å². The molecule has 0 unspecified atom stereocenters. The van der Waals surface area contributed by atoms with E-state index in [1.54, 1.807) is 24.2 Å². The second-order valence-electron chi connectivity index (χ2n) is 2.70. The summed E-state index contributed by atoms with van der Waals surface area (Å²) in [6.07, 6.45) is 4.83. The summed E-state index contributed by atoms with van der Waals surface area (Å²) < 4.78 is 0. The van der Waals surface area contributed by atoms with Gasteiger partial charge in [0.05, 0.1) is 0 Å². The summed E-state index contributed by atoms with van der Waals surface area (Å²) in [6.45, 7) is 0. The van der Waals surface area contributed by atoms with Crippen LogP contribution in [0.2, 0.25) is 0 Å². The Morgan fingerprint density at radius 1 is 1.50 bits per heavy atom. The smallest absolute Gasteiger partial charge is 0.233 e. The largest absolute Gasteiger partial charge is 0.294 e. The molecule has 0 bridgehead atoms. The molecule has 5 heteroatoms. The van der Waals surface area contributed by atoms with Crippen LogP contribution in [0, 0.1) is 0 Å². The lowest BCUT2D eigenvalue weighted by Gasteiger charge is -2.00. The van der Waals surface area contributed by atoms with Gasteiger partial charge < -0.3 is 0 Å². The Balaban J connectivity index is 2.13. The fourth-order valence-corrected chi connectivity index (χ4v) is 1.77. The Hall–Kier alpha value is -1.07. The van der Waals surface area contributed by atoms with Crippen LogP contribution in [0.15, 0.2) is 29.4 Å². The van der Waals surface area contributed by atoms with E-state index in [0.717, 1.165) is 12.2 Å². The van der Waals surface area contributed by atoms with Gasteiger partial charge in [0.2, 0.25) is 5.91 Å². The van der Waals surface area contributed by atoms with Gasteiger partial charge in [0.25, 0.3) is 0 Å². The fraction of sp³-hybridized carbons (Fsp3) is 0.333. The van der Waals surface area contributed by atoms with Crippen molar-refractivity contribution in [3.63, 3.8) is 0 Å². The van der Waals surface area contributed by atoms with E-state index in [2.05, 4.69) is 10.4 Å². The molecular formula is C9H13N3OS. The van der Waals surface area contributed by atoms with Gasteiger partial charge in [-0.2, -0.15) is 0 Å². The molecule has 1 aromatic rings. The van der Waals surface area contributed by atoms with Gasteiger partial charge in [0.1, 0.15) is 0 Å². The number of pyridine rings is 1. The number of hydrazine groups is 1. The molecule has 1 rings (SSSR count). The van der Waals surface area contributed by atoms with Gasteiger partial charge in [-0.1, -0.05) is 0 Å². The Morgan fingerprint density at radius 3 is 2.86 bits per heavy atom. The molecule has 0 atom stereocenters. The number of nitrogens with one attached hydrogen (secondary N) is 1. The predicted molar refractivity (Wildman–Crippen MR) is 56.5 cm³/mol. The molecule has 0 aliphatic carbocycles. The van der Waals surface area contributed by atoms with Crippen LogP contribution in [-0.4, -0.2) is 16.6 Å². The van der Waals surface area contributed by atoms with Crippen LogP contribution in [0.5, 0.6) is 0 Å². The minimum absolute atomic E-state index is 0.111. The van der Waals surface area contributed by atoms with E-state index < -0.39 is 0 Å². The van der Waals surface area contributed by atoms with Crippen LogP contribution in [0.4, 0.5) is 0 Å². The first-order chi connectivity index (χ1) is 6.83. The van der Waals surface area contributed by atoms with E-state index in [1.165, 1.54) is 4.90 Å². The molecule has 1 aromatic heterocycles. The zero-order valence-corrected chi connectivity index (χ0v) is 8.59. The highest BCUT2D eigenvalue weighted by Gasteiger charge is 1.98. The summed E-state index contributed by atoms with van der Waals surface area (Å²) in [7, 11) is 0. The van der Waals surface area contributed by atoms with Crippen LogP contribution in [0.3, 0.4) is 0 Å². The number of carbonyl (C=O) groups is 1. The molecule has 1 heterocycles. The number of hydrogen-bond acceptors (Lipinski definition) is 4. The van der Waals surface area contributed by atoms with Crippen molar-refractivity contribution in [3.8, 4) is 0 Å². The molecule has 0 aliphatic rings. The molecule has 0 aliphatic heterocycles. The quantitative estimate of drug-likeness (QED) is 0.250. The molecule has 0 saturated heterocycles. The van der Waals surface area contributed by atoms with E-state index in [0.29, 0.717) is 6.42 Å². The molecule has 4 nitrogen and oxygen atoms in total. The highest BCUT2D eigenvalue weighted by atomic mass is 32.2. The Morgan fingerprint density at radius 2 is 2.21 bits per heavy atom. The molecule has 0 radical (unpaired) electrons. The van der Waals surface area contributed by atoms with Gasteiger partial charge in [0.15, 0.2) is 0 Å². The molecule has 1 amide bonds. The lowest BCUT2D eigenvalue weighted by Crippen LogP contribution is -2.29. The Labute approximate surface area is 87.3 Å². The van der Waals surface area contributed by atoms with Crippen molar-refractivity contribution < 1.29 is 4.79 Å². The normalized spacial score (nSPS) is 9.79. The number of hydrogen-bond donors (Lipinski definition) is 2. The Bertz CT molecular complexity index is 279. The lowest BCUT2D eigenvalue weighted by atomic mass is 10.3. The zero-order valence-electron chi connectivity index (χ0n) is 7.77. The standard InChI is InChI=1S/C9H13N3OS/c10-12-9(13)2-1-7-14-8-3-5-11-6-4-8/h3-6H,1-2,7,10H2,(H,12,13). The number of thioether (sulfide) groups is 1. The molecule has 0 fully saturated rings. The summed E-state index contributed by atoms with van der Waals surface area (Å²) in [5.41, 5.74) is 2.11. The van der Waals surface area contributed by atoms with E-state index in [-0.39, 0.29) is 5.91 Å². The van der Waals surface area contributed by atoms with Gasteiger partial charge in [-0.3, -0.25) is 15.2 Å². The van der Waals surface area contributed by atoms with E-state index >= 15 is 0 Å². The number of amides is 1. The number of carbonyl (C=O) groups excluding carboxylic acids is 1. The maximum Gasteiger partial charge on any atom is 0.233 e. The second kappa shape index (κ2) is 6.39. The third-order valence-corrected chi connectivity index (χ3v) is 2.73. The summed E-state index contributed by atoms with van der Waals surface area (Å²) in [5, 5.41) is 0. The third kappa shape index (κ3) is 4.25. The van der Waals surface area contributed by atoms with Crippen molar-refractivity contribution in [2.75, 3.05) is 5.75 Å². The van der Waals surface area contributed by atoms with Crippen LogP contribution >= 0.6 is 11.8 Å². The molecule has 3 N–H and O–H groups in total. The maximum atomic E-state index is 10.8. The third-order valence-electron chi connectivity index (χ3n) is 1.63. The summed E-state index contributed by atoms with van der Waals surface area (Å²) in [4.78, 5) is 15.9. The predicted octanol–water partition coefficient (Wildman–Crippen LogP) is 0.944. The number of nitrogens with zero attached hydrogens (tertiary/aromatic N) is 1.